The Labute approximate surface area is 163 Å². The minimum Gasteiger partial charge on any atom is -0.385 e. The molecule has 0 aliphatic heterocycles. The lowest BCUT2D eigenvalue weighted by atomic mass is 9.48. The van der Waals surface area contributed by atoms with Crippen LogP contribution in [0.3, 0.4) is 0 Å². The lowest BCUT2D eigenvalue weighted by Crippen LogP contribution is -2.54. The number of nitrogens with zero attached hydrogens (tertiary/aromatic N) is 1. The zero-order chi connectivity index (χ0) is 17.8. The molecule has 3 nitrogen and oxygen atoms in total. The predicted octanol–water partition coefficient (Wildman–Crippen LogP) is 4.56. The predicted molar refractivity (Wildman–Crippen MR) is 105 cm³/mol. The zero-order valence-corrected chi connectivity index (χ0v) is 16.9. The van der Waals surface area contributed by atoms with Crippen LogP contribution in [0.4, 0.5) is 0 Å². The van der Waals surface area contributed by atoms with Crippen LogP contribution in [0.5, 0.6) is 0 Å². The fraction of sp³-hybridized carbons (Fsp3) is 0.714. The van der Waals surface area contributed by atoms with E-state index < -0.39 is 5.60 Å². The molecule has 0 heterocycles. The Kier molecular flexibility index (Phi) is 4.39. The number of ketones is 1. The monoisotopic (exact) mass is 449 g/mol. The summed E-state index contributed by atoms with van der Waals surface area (Å²) in [5.74, 6) is 2.02. The van der Waals surface area contributed by atoms with Crippen LogP contribution in [-0.4, -0.2) is 16.5 Å². The van der Waals surface area contributed by atoms with Crippen molar-refractivity contribution in [2.45, 2.75) is 57.5 Å². The van der Waals surface area contributed by atoms with Gasteiger partial charge in [0.2, 0.25) is 0 Å². The highest BCUT2D eigenvalue weighted by atomic mass is 125. The van der Waals surface area contributed by atoms with E-state index >= 15 is 0 Å². The van der Waals surface area contributed by atoms with Gasteiger partial charge in [-0.1, -0.05) is 35.1 Å². The molecule has 0 aromatic carbocycles. The Bertz CT molecular complexity index is 692. The molecule has 0 spiro atoms. The second kappa shape index (κ2) is 6.20. The third-order valence-electron chi connectivity index (χ3n) is 8.07. The smallest absolute Gasteiger partial charge is 0.155 e. The van der Waals surface area contributed by atoms with E-state index in [0.29, 0.717) is 30.1 Å². The molecule has 0 aromatic rings. The first-order valence-corrected chi connectivity index (χ1v) is 10.8. The molecule has 3 saturated carbocycles. The molecule has 4 rings (SSSR count). The standard InChI is InChI=1S/C21H26INO2/c1-20-6-4-17-16-3-2-15(24)11-13(16)10-14(12-23)19(17)18(20)5-7-21(20,25)8-9-22/h8-9,11,14,16-19,25H,2-7,10H2,1H3/b9-8-/t14-,16-,17+,18-,19+,20-,21+/m0/s1/i22-2. The van der Waals surface area contributed by atoms with Crippen LogP contribution in [0.15, 0.2) is 21.8 Å². The molecular formula is C21H26INO2. The number of nitriles is 1. The molecule has 25 heavy (non-hydrogen) atoms. The number of halogens is 1. The minimum atomic E-state index is -0.734. The zero-order valence-electron chi connectivity index (χ0n) is 14.7. The maximum atomic E-state index is 11.9. The quantitative estimate of drug-likeness (QED) is 0.598. The molecule has 134 valence electrons. The van der Waals surface area contributed by atoms with Crippen molar-refractivity contribution in [3.8, 4) is 6.07 Å². The van der Waals surface area contributed by atoms with E-state index in [4.69, 9.17) is 0 Å². The molecule has 0 amide bonds. The van der Waals surface area contributed by atoms with E-state index in [1.165, 1.54) is 5.57 Å². The molecule has 0 saturated heterocycles. The number of rotatable bonds is 1. The van der Waals surface area contributed by atoms with Crippen molar-refractivity contribution in [1.82, 2.24) is 0 Å². The van der Waals surface area contributed by atoms with Crippen molar-refractivity contribution in [1.29, 1.82) is 5.26 Å². The summed E-state index contributed by atoms with van der Waals surface area (Å²) in [7, 11) is 0. The van der Waals surface area contributed by atoms with E-state index in [1.807, 2.05) is 16.2 Å². The van der Waals surface area contributed by atoms with Crippen molar-refractivity contribution in [2.75, 3.05) is 0 Å². The van der Waals surface area contributed by atoms with Crippen LogP contribution >= 0.6 is 22.6 Å². The third-order valence-corrected chi connectivity index (χ3v) is 8.43. The first kappa shape index (κ1) is 17.7. The first-order chi connectivity index (χ1) is 11.9. The molecule has 4 aliphatic carbocycles. The SMILES string of the molecule is C[C@]12CC[C@H]3[C@@H]([C@H](C#N)CC4=CC(=O)CC[C@@H]43)[C@@H]1CC[C@@]2(O)/C=C\[125I]. The molecule has 1 N–H and O–H groups in total. The van der Waals surface area contributed by atoms with Gasteiger partial charge in [0, 0.05) is 11.8 Å². The first-order valence-electron chi connectivity index (χ1n) is 9.57. The maximum Gasteiger partial charge on any atom is 0.155 e. The average Bonchev–Trinajstić information content (AvgIpc) is 2.85. The number of fused-ring (bicyclic) bond motifs is 5. The number of aliphatic hydroxyl groups is 1. The number of hydrogen-bond acceptors (Lipinski definition) is 3. The Morgan fingerprint density at radius 3 is 2.88 bits per heavy atom. The van der Waals surface area contributed by atoms with Crippen LogP contribution in [0, 0.1) is 46.3 Å². The topological polar surface area (TPSA) is 61.1 Å². The molecule has 0 bridgehead atoms. The van der Waals surface area contributed by atoms with Gasteiger partial charge in [-0.05, 0) is 78.4 Å². The largest absolute Gasteiger partial charge is 0.385 e. The lowest BCUT2D eigenvalue weighted by Gasteiger charge is -2.56. The molecule has 3 fully saturated rings. The van der Waals surface area contributed by atoms with Gasteiger partial charge in [-0.2, -0.15) is 5.26 Å². The highest BCUT2D eigenvalue weighted by molar-refractivity contribution is 14.1. The van der Waals surface area contributed by atoms with E-state index in [1.54, 1.807) is 0 Å². The van der Waals surface area contributed by atoms with Gasteiger partial charge >= 0.3 is 0 Å². The van der Waals surface area contributed by atoms with Crippen molar-refractivity contribution in [2.24, 2.45) is 35.0 Å². The van der Waals surface area contributed by atoms with Gasteiger partial charge in [-0.3, -0.25) is 4.79 Å². The highest BCUT2D eigenvalue weighted by Gasteiger charge is 2.63. The molecule has 4 aliphatic rings. The van der Waals surface area contributed by atoms with E-state index in [2.05, 4.69) is 35.6 Å². The Morgan fingerprint density at radius 1 is 1.36 bits per heavy atom. The Hall–Kier alpha value is -0.670. The van der Waals surface area contributed by atoms with Gasteiger partial charge in [-0.15, -0.1) is 0 Å². The molecular weight excluding hydrogens is 423 g/mol. The lowest BCUT2D eigenvalue weighted by molar-refractivity contribution is -0.117. The second-order valence-electron chi connectivity index (χ2n) is 8.83. The minimum absolute atomic E-state index is 0.00560. The van der Waals surface area contributed by atoms with Crippen molar-refractivity contribution in [3.05, 3.63) is 21.8 Å². The third kappa shape index (κ3) is 2.49. The maximum absolute atomic E-state index is 11.9. The summed E-state index contributed by atoms with van der Waals surface area (Å²) >= 11 is 2.20. The van der Waals surface area contributed by atoms with E-state index in [0.717, 1.165) is 38.5 Å². The van der Waals surface area contributed by atoms with Crippen LogP contribution in [0.2, 0.25) is 0 Å². The van der Waals surface area contributed by atoms with Crippen molar-refractivity contribution >= 4 is 28.4 Å². The molecule has 0 unspecified atom stereocenters. The van der Waals surface area contributed by atoms with Gasteiger partial charge in [0.15, 0.2) is 5.78 Å². The molecule has 7 atom stereocenters. The summed E-state index contributed by atoms with van der Waals surface area (Å²) in [5.41, 5.74) is 0.382. The molecule has 4 heteroatoms. The molecule has 0 aromatic heterocycles. The van der Waals surface area contributed by atoms with Crippen LogP contribution in [0.25, 0.3) is 0 Å². The van der Waals surface area contributed by atoms with Crippen LogP contribution in [0.1, 0.15) is 51.9 Å². The summed E-state index contributed by atoms with van der Waals surface area (Å²) in [4.78, 5) is 11.9. The van der Waals surface area contributed by atoms with Crippen molar-refractivity contribution in [3.63, 3.8) is 0 Å². The van der Waals surface area contributed by atoms with Crippen LogP contribution < -0.4 is 0 Å². The van der Waals surface area contributed by atoms with Crippen LogP contribution in [-0.2, 0) is 4.79 Å². The summed E-state index contributed by atoms with van der Waals surface area (Å²) in [5, 5.41) is 21.2. The van der Waals surface area contributed by atoms with Crippen molar-refractivity contribution < 1.29 is 9.90 Å². The molecule has 0 radical (unpaired) electrons. The van der Waals surface area contributed by atoms with Gasteiger partial charge < -0.3 is 5.11 Å². The fourth-order valence-corrected chi connectivity index (χ4v) is 7.39. The van der Waals surface area contributed by atoms with Gasteiger partial charge in [0.05, 0.1) is 17.6 Å². The summed E-state index contributed by atoms with van der Waals surface area (Å²) < 4.78 is 1.95. The highest BCUT2D eigenvalue weighted by Crippen LogP contribution is 2.66. The summed E-state index contributed by atoms with van der Waals surface area (Å²) in [6.07, 6.45) is 10.1. The van der Waals surface area contributed by atoms with E-state index in [9.17, 15) is 15.2 Å². The Balaban J connectivity index is 1.72. The number of allylic oxidation sites excluding steroid dienone is 1. The Morgan fingerprint density at radius 2 is 2.16 bits per heavy atom. The normalized spacial score (nSPS) is 49.1. The second-order valence-corrected chi connectivity index (χ2v) is 9.55. The summed E-state index contributed by atoms with van der Waals surface area (Å²) in [6, 6.07) is 2.59. The van der Waals surface area contributed by atoms with Gasteiger partial charge in [-0.25, -0.2) is 0 Å². The average molecular weight is 449 g/mol. The number of carbonyl (C=O) groups excluding carboxylic acids is 1. The fourth-order valence-electron chi connectivity index (χ4n) is 6.79. The summed E-state index contributed by atoms with van der Waals surface area (Å²) in [6.45, 7) is 2.25. The number of carbonyl (C=O) groups is 1. The van der Waals surface area contributed by atoms with Gasteiger partial charge in [0.25, 0.3) is 0 Å². The van der Waals surface area contributed by atoms with E-state index in [-0.39, 0.29) is 17.1 Å². The van der Waals surface area contributed by atoms with Gasteiger partial charge in [0.1, 0.15) is 0 Å². The number of hydrogen-bond donors (Lipinski definition) is 1.